The van der Waals surface area contributed by atoms with E-state index in [-0.39, 0.29) is 18.9 Å². The molecule has 0 aliphatic carbocycles. The molecule has 1 N–H and O–H groups in total. The lowest BCUT2D eigenvalue weighted by molar-refractivity contribution is -0.137. The molecule has 0 aliphatic rings. The molecule has 5 nitrogen and oxygen atoms in total. The first kappa shape index (κ1) is 15.7. The number of rotatable bonds is 6. The normalized spacial score (nSPS) is 10.2. The van der Waals surface area contributed by atoms with Crippen molar-refractivity contribution in [2.24, 2.45) is 0 Å². The third kappa shape index (κ3) is 4.41. The Hall–Kier alpha value is -2.69. The molecule has 2 rings (SSSR count). The van der Waals surface area contributed by atoms with Crippen molar-refractivity contribution < 1.29 is 14.7 Å². The molecule has 22 heavy (non-hydrogen) atoms. The lowest BCUT2D eigenvalue weighted by Crippen LogP contribution is -2.32. The Morgan fingerprint density at radius 2 is 1.91 bits per heavy atom. The van der Waals surface area contributed by atoms with Gasteiger partial charge in [-0.2, -0.15) is 0 Å². The van der Waals surface area contributed by atoms with Gasteiger partial charge in [-0.1, -0.05) is 23.8 Å². The van der Waals surface area contributed by atoms with E-state index in [2.05, 4.69) is 4.98 Å². The average molecular weight is 298 g/mol. The molecule has 0 unspecified atom stereocenters. The van der Waals surface area contributed by atoms with Crippen LogP contribution in [0, 0.1) is 6.92 Å². The molecule has 0 bridgehead atoms. The maximum atomic E-state index is 12.6. The molecule has 0 aliphatic heterocycles. The van der Waals surface area contributed by atoms with Gasteiger partial charge < -0.3 is 10.0 Å². The summed E-state index contributed by atoms with van der Waals surface area (Å²) in [5, 5.41) is 8.87. The standard InChI is InChI=1S/C17H18N2O3/c1-13-4-6-15(7-5-13)17(22)19(10-8-16(20)21)12-14-3-2-9-18-11-14/h2-7,9,11H,8,10,12H2,1H3,(H,20,21). The number of hydrogen-bond donors (Lipinski definition) is 1. The number of amides is 1. The van der Waals surface area contributed by atoms with Crippen LogP contribution in [-0.4, -0.2) is 33.4 Å². The Balaban J connectivity index is 2.17. The van der Waals surface area contributed by atoms with Crippen molar-refractivity contribution in [3.63, 3.8) is 0 Å². The van der Waals surface area contributed by atoms with Gasteiger partial charge in [-0.25, -0.2) is 0 Å². The summed E-state index contributed by atoms with van der Waals surface area (Å²) in [5.74, 6) is -1.10. The van der Waals surface area contributed by atoms with E-state index in [0.29, 0.717) is 12.1 Å². The Morgan fingerprint density at radius 3 is 2.50 bits per heavy atom. The van der Waals surface area contributed by atoms with Gasteiger partial charge in [0.25, 0.3) is 5.91 Å². The second kappa shape index (κ2) is 7.36. The maximum absolute atomic E-state index is 12.6. The summed E-state index contributed by atoms with van der Waals surface area (Å²) in [6.45, 7) is 2.46. The van der Waals surface area contributed by atoms with E-state index in [4.69, 9.17) is 5.11 Å². The predicted octanol–water partition coefficient (Wildman–Crippen LogP) is 2.51. The second-order valence-electron chi connectivity index (χ2n) is 5.10. The monoisotopic (exact) mass is 298 g/mol. The number of pyridine rings is 1. The van der Waals surface area contributed by atoms with Crippen molar-refractivity contribution in [1.29, 1.82) is 0 Å². The zero-order valence-electron chi connectivity index (χ0n) is 12.4. The quantitative estimate of drug-likeness (QED) is 0.889. The van der Waals surface area contributed by atoms with Crippen molar-refractivity contribution >= 4 is 11.9 Å². The molecule has 1 aromatic carbocycles. The van der Waals surface area contributed by atoms with Gasteiger partial charge in [-0.15, -0.1) is 0 Å². The summed E-state index contributed by atoms with van der Waals surface area (Å²) in [6, 6.07) is 10.9. The van der Waals surface area contributed by atoms with Gasteiger partial charge in [-0.05, 0) is 30.7 Å². The number of nitrogens with zero attached hydrogens (tertiary/aromatic N) is 2. The Morgan fingerprint density at radius 1 is 1.18 bits per heavy atom. The topological polar surface area (TPSA) is 70.5 Å². The molecular formula is C17H18N2O3. The number of hydrogen-bond acceptors (Lipinski definition) is 3. The van der Waals surface area contributed by atoms with Crippen molar-refractivity contribution in [2.75, 3.05) is 6.54 Å². The summed E-state index contributed by atoms with van der Waals surface area (Å²) in [6.07, 6.45) is 3.25. The first-order valence-electron chi connectivity index (χ1n) is 7.03. The minimum absolute atomic E-state index is 0.0855. The lowest BCUT2D eigenvalue weighted by atomic mass is 10.1. The van der Waals surface area contributed by atoms with Gasteiger partial charge in [0.1, 0.15) is 0 Å². The van der Waals surface area contributed by atoms with E-state index in [1.807, 2.05) is 25.1 Å². The van der Waals surface area contributed by atoms with Crippen LogP contribution in [-0.2, 0) is 11.3 Å². The van der Waals surface area contributed by atoms with Gasteiger partial charge in [0.05, 0.1) is 6.42 Å². The van der Waals surface area contributed by atoms with E-state index in [9.17, 15) is 9.59 Å². The fourth-order valence-electron chi connectivity index (χ4n) is 2.07. The van der Waals surface area contributed by atoms with Crippen LogP contribution >= 0.6 is 0 Å². The predicted molar refractivity (Wildman–Crippen MR) is 82.4 cm³/mol. The third-order valence-corrected chi connectivity index (χ3v) is 3.28. The highest BCUT2D eigenvalue weighted by Crippen LogP contribution is 2.11. The Bertz CT molecular complexity index is 639. The number of carboxylic acids is 1. The number of aromatic nitrogens is 1. The second-order valence-corrected chi connectivity index (χ2v) is 5.10. The zero-order valence-corrected chi connectivity index (χ0v) is 12.4. The minimum atomic E-state index is -0.923. The molecule has 0 saturated heterocycles. The highest BCUT2D eigenvalue weighted by molar-refractivity contribution is 5.94. The molecule has 0 spiro atoms. The number of carboxylic acid groups (broad SMARTS) is 1. The number of carbonyl (C=O) groups is 2. The van der Waals surface area contributed by atoms with Crippen LogP contribution < -0.4 is 0 Å². The van der Waals surface area contributed by atoms with Crippen LogP contribution in [0.15, 0.2) is 48.8 Å². The molecule has 0 atom stereocenters. The zero-order chi connectivity index (χ0) is 15.9. The van der Waals surface area contributed by atoms with Crippen LogP contribution in [0.25, 0.3) is 0 Å². The summed E-state index contributed by atoms with van der Waals surface area (Å²) < 4.78 is 0. The maximum Gasteiger partial charge on any atom is 0.305 e. The summed E-state index contributed by atoms with van der Waals surface area (Å²) >= 11 is 0. The van der Waals surface area contributed by atoms with Crippen LogP contribution in [0.1, 0.15) is 27.9 Å². The summed E-state index contributed by atoms with van der Waals surface area (Å²) in [4.78, 5) is 29.0. The van der Waals surface area contributed by atoms with Gasteiger partial charge >= 0.3 is 5.97 Å². The number of benzene rings is 1. The molecule has 0 radical (unpaired) electrons. The first-order chi connectivity index (χ1) is 10.6. The van der Waals surface area contributed by atoms with Crippen LogP contribution in [0.5, 0.6) is 0 Å². The molecule has 114 valence electrons. The summed E-state index contributed by atoms with van der Waals surface area (Å²) in [5.41, 5.74) is 2.49. The van der Waals surface area contributed by atoms with Crippen LogP contribution in [0.3, 0.4) is 0 Å². The van der Waals surface area contributed by atoms with Crippen molar-refractivity contribution in [2.45, 2.75) is 19.9 Å². The highest BCUT2D eigenvalue weighted by Gasteiger charge is 2.17. The van der Waals surface area contributed by atoms with E-state index in [1.54, 1.807) is 30.6 Å². The first-order valence-corrected chi connectivity index (χ1v) is 7.03. The Labute approximate surface area is 129 Å². The molecule has 0 fully saturated rings. The van der Waals surface area contributed by atoms with Gasteiger partial charge in [-0.3, -0.25) is 14.6 Å². The van der Waals surface area contributed by atoms with Crippen molar-refractivity contribution in [3.8, 4) is 0 Å². The largest absolute Gasteiger partial charge is 0.481 e. The van der Waals surface area contributed by atoms with E-state index < -0.39 is 5.97 Å². The average Bonchev–Trinajstić information content (AvgIpc) is 2.52. The smallest absolute Gasteiger partial charge is 0.305 e. The van der Waals surface area contributed by atoms with Crippen molar-refractivity contribution in [1.82, 2.24) is 9.88 Å². The van der Waals surface area contributed by atoms with E-state index in [1.165, 1.54) is 4.90 Å². The van der Waals surface area contributed by atoms with Crippen LogP contribution in [0.2, 0.25) is 0 Å². The number of aryl methyl sites for hydroxylation is 1. The minimum Gasteiger partial charge on any atom is -0.481 e. The molecule has 2 aromatic rings. The number of carbonyl (C=O) groups excluding carboxylic acids is 1. The third-order valence-electron chi connectivity index (χ3n) is 3.28. The molecule has 1 heterocycles. The van der Waals surface area contributed by atoms with Crippen LogP contribution in [0.4, 0.5) is 0 Å². The van der Waals surface area contributed by atoms with Gasteiger partial charge in [0, 0.05) is 31.0 Å². The highest BCUT2D eigenvalue weighted by atomic mass is 16.4. The van der Waals surface area contributed by atoms with Gasteiger partial charge in [0.2, 0.25) is 0 Å². The van der Waals surface area contributed by atoms with E-state index >= 15 is 0 Å². The Kier molecular flexibility index (Phi) is 5.25. The lowest BCUT2D eigenvalue weighted by Gasteiger charge is -2.22. The van der Waals surface area contributed by atoms with Gasteiger partial charge in [0.15, 0.2) is 0 Å². The van der Waals surface area contributed by atoms with Crippen molar-refractivity contribution in [3.05, 3.63) is 65.5 Å². The SMILES string of the molecule is Cc1ccc(C(=O)N(CCC(=O)O)Cc2cccnc2)cc1. The molecule has 0 saturated carbocycles. The molecule has 1 aromatic heterocycles. The molecule has 1 amide bonds. The van der Waals surface area contributed by atoms with E-state index in [0.717, 1.165) is 11.1 Å². The molecular weight excluding hydrogens is 280 g/mol. The molecule has 5 heteroatoms. The number of aliphatic carboxylic acids is 1. The summed E-state index contributed by atoms with van der Waals surface area (Å²) in [7, 11) is 0. The fourth-order valence-corrected chi connectivity index (χ4v) is 2.07. The fraction of sp³-hybridized carbons (Fsp3) is 0.235.